The van der Waals surface area contributed by atoms with Crippen LogP contribution >= 0.6 is 0 Å². The molecule has 2 atom stereocenters. The number of likely N-dealkylation sites (tertiary alicyclic amines) is 1. The Bertz CT molecular complexity index is 738. The average molecular weight is 355 g/mol. The minimum Gasteiger partial charge on any atom is -0.476 e. The van der Waals surface area contributed by atoms with Crippen LogP contribution in [-0.2, 0) is 6.54 Å². The fourth-order valence-electron chi connectivity index (χ4n) is 3.83. The zero-order valence-corrected chi connectivity index (χ0v) is 14.8. The predicted molar refractivity (Wildman–Crippen MR) is 97.1 cm³/mol. The van der Waals surface area contributed by atoms with Gasteiger partial charge in [-0.2, -0.15) is 0 Å². The first-order valence-corrected chi connectivity index (χ1v) is 9.37. The topological polar surface area (TPSA) is 78.6 Å². The Labute approximate surface area is 153 Å². The standard InChI is InChI=1S/C20H25N3O3/c24-20(25)18-13-26-19(22-18)12-23-8-6-14(7-9-23)11-21-17-10-16(17)15-4-2-1-3-5-15/h1-5,13-14,16-17,21H,6-12H2,(H,24,25). The molecule has 1 aromatic carbocycles. The maximum atomic E-state index is 10.9. The lowest BCUT2D eigenvalue weighted by Gasteiger charge is -2.31. The summed E-state index contributed by atoms with van der Waals surface area (Å²) in [5, 5.41) is 12.6. The van der Waals surface area contributed by atoms with Crippen molar-refractivity contribution in [3.8, 4) is 0 Å². The van der Waals surface area contributed by atoms with E-state index in [2.05, 4.69) is 45.5 Å². The quantitative estimate of drug-likeness (QED) is 0.795. The molecule has 1 aliphatic heterocycles. The number of carbonyl (C=O) groups is 1. The van der Waals surface area contributed by atoms with E-state index < -0.39 is 5.97 Å². The number of hydrogen-bond acceptors (Lipinski definition) is 5. The van der Waals surface area contributed by atoms with Crippen LogP contribution in [0, 0.1) is 5.92 Å². The highest BCUT2D eigenvalue weighted by Crippen LogP contribution is 2.40. The lowest BCUT2D eigenvalue weighted by molar-refractivity contribution is 0.0690. The number of benzene rings is 1. The molecule has 2 heterocycles. The largest absolute Gasteiger partial charge is 0.476 e. The zero-order chi connectivity index (χ0) is 17.9. The molecule has 6 nitrogen and oxygen atoms in total. The van der Waals surface area contributed by atoms with E-state index in [0.29, 0.717) is 30.3 Å². The number of oxazole rings is 1. The van der Waals surface area contributed by atoms with Crippen molar-refractivity contribution in [1.29, 1.82) is 0 Å². The second kappa shape index (κ2) is 7.60. The highest BCUT2D eigenvalue weighted by atomic mass is 16.4. The normalized spacial score (nSPS) is 23.8. The number of piperidine rings is 1. The molecule has 0 radical (unpaired) electrons. The van der Waals surface area contributed by atoms with Gasteiger partial charge in [0.25, 0.3) is 0 Å². The zero-order valence-electron chi connectivity index (χ0n) is 14.8. The summed E-state index contributed by atoms with van der Waals surface area (Å²) in [7, 11) is 0. The van der Waals surface area contributed by atoms with Gasteiger partial charge in [-0.25, -0.2) is 9.78 Å². The number of rotatable bonds is 7. The highest BCUT2D eigenvalue weighted by molar-refractivity contribution is 5.84. The summed E-state index contributed by atoms with van der Waals surface area (Å²) in [6.07, 6.45) is 4.77. The van der Waals surface area contributed by atoms with E-state index in [1.165, 1.54) is 18.2 Å². The van der Waals surface area contributed by atoms with Crippen molar-refractivity contribution in [1.82, 2.24) is 15.2 Å². The number of aromatic carboxylic acids is 1. The number of carboxylic acid groups (broad SMARTS) is 1. The number of nitrogens with zero attached hydrogens (tertiary/aromatic N) is 2. The summed E-state index contributed by atoms with van der Waals surface area (Å²) >= 11 is 0. The van der Waals surface area contributed by atoms with Gasteiger partial charge in [0, 0.05) is 12.0 Å². The Morgan fingerprint density at radius 2 is 2.04 bits per heavy atom. The molecule has 6 heteroatoms. The fraction of sp³-hybridized carbons (Fsp3) is 0.500. The van der Waals surface area contributed by atoms with Gasteiger partial charge in [-0.05, 0) is 50.4 Å². The smallest absolute Gasteiger partial charge is 0.357 e. The Hall–Kier alpha value is -2.18. The molecule has 1 aromatic heterocycles. The SMILES string of the molecule is O=C(O)c1coc(CN2CCC(CNC3CC3c3ccccc3)CC2)n1. The van der Waals surface area contributed by atoms with Gasteiger partial charge in [0.2, 0.25) is 5.89 Å². The molecule has 2 N–H and O–H groups in total. The van der Waals surface area contributed by atoms with Crippen molar-refractivity contribution in [3.05, 3.63) is 53.7 Å². The van der Waals surface area contributed by atoms with Gasteiger partial charge in [-0.1, -0.05) is 30.3 Å². The van der Waals surface area contributed by atoms with Crippen LogP contribution in [0.2, 0.25) is 0 Å². The van der Waals surface area contributed by atoms with Crippen LogP contribution in [0.3, 0.4) is 0 Å². The molecular weight excluding hydrogens is 330 g/mol. The van der Waals surface area contributed by atoms with Crippen molar-refractivity contribution in [2.75, 3.05) is 19.6 Å². The summed E-state index contributed by atoms with van der Waals surface area (Å²) in [4.78, 5) is 17.1. The third-order valence-electron chi connectivity index (χ3n) is 5.52. The summed E-state index contributed by atoms with van der Waals surface area (Å²) in [5.41, 5.74) is 1.43. The molecule has 26 heavy (non-hydrogen) atoms. The van der Waals surface area contributed by atoms with Crippen LogP contribution in [0.15, 0.2) is 41.0 Å². The Morgan fingerprint density at radius 3 is 2.73 bits per heavy atom. The van der Waals surface area contributed by atoms with Gasteiger partial charge in [0.05, 0.1) is 6.54 Å². The molecule has 0 spiro atoms. The minimum absolute atomic E-state index is 0.0171. The van der Waals surface area contributed by atoms with Crippen LogP contribution < -0.4 is 5.32 Å². The first kappa shape index (κ1) is 17.2. The molecule has 1 saturated heterocycles. The molecule has 2 unspecified atom stereocenters. The van der Waals surface area contributed by atoms with Gasteiger partial charge in [0.1, 0.15) is 6.26 Å². The molecule has 0 amide bonds. The summed E-state index contributed by atoms with van der Waals surface area (Å²) < 4.78 is 5.25. The van der Waals surface area contributed by atoms with E-state index in [-0.39, 0.29) is 5.69 Å². The second-order valence-electron chi connectivity index (χ2n) is 7.42. The minimum atomic E-state index is -1.04. The van der Waals surface area contributed by atoms with Gasteiger partial charge in [0.15, 0.2) is 5.69 Å². The number of hydrogen-bond donors (Lipinski definition) is 2. The van der Waals surface area contributed by atoms with Crippen molar-refractivity contribution >= 4 is 5.97 Å². The summed E-state index contributed by atoms with van der Waals surface area (Å²) in [6.45, 7) is 3.68. The van der Waals surface area contributed by atoms with Crippen LogP contribution in [0.25, 0.3) is 0 Å². The lowest BCUT2D eigenvalue weighted by Crippen LogP contribution is -2.37. The van der Waals surface area contributed by atoms with Crippen molar-refractivity contribution in [2.45, 2.75) is 37.8 Å². The van der Waals surface area contributed by atoms with Crippen molar-refractivity contribution < 1.29 is 14.3 Å². The molecular formula is C20H25N3O3. The Balaban J connectivity index is 1.17. The maximum absolute atomic E-state index is 10.9. The molecule has 138 valence electrons. The average Bonchev–Trinajstić information content (AvgIpc) is 3.30. The highest BCUT2D eigenvalue weighted by Gasteiger charge is 2.38. The van der Waals surface area contributed by atoms with E-state index in [1.807, 2.05) is 0 Å². The third-order valence-corrected chi connectivity index (χ3v) is 5.52. The molecule has 1 saturated carbocycles. The first-order valence-electron chi connectivity index (χ1n) is 9.37. The van der Waals surface area contributed by atoms with Crippen LogP contribution in [0.1, 0.15) is 47.1 Å². The van der Waals surface area contributed by atoms with Crippen LogP contribution in [0.4, 0.5) is 0 Å². The molecule has 0 bridgehead atoms. The van der Waals surface area contributed by atoms with Gasteiger partial charge >= 0.3 is 5.97 Å². The number of carboxylic acids is 1. The predicted octanol–water partition coefficient (Wildman–Crippen LogP) is 2.73. The first-order chi connectivity index (χ1) is 12.7. The number of nitrogens with one attached hydrogen (secondary N) is 1. The van der Waals surface area contributed by atoms with E-state index in [4.69, 9.17) is 9.52 Å². The van der Waals surface area contributed by atoms with Gasteiger partial charge in [-0.3, -0.25) is 4.90 Å². The summed E-state index contributed by atoms with van der Waals surface area (Å²) in [6, 6.07) is 11.4. The van der Waals surface area contributed by atoms with Crippen molar-refractivity contribution in [2.24, 2.45) is 5.92 Å². The Morgan fingerprint density at radius 1 is 1.27 bits per heavy atom. The fourth-order valence-corrected chi connectivity index (χ4v) is 3.83. The lowest BCUT2D eigenvalue weighted by atomic mass is 9.96. The number of aromatic nitrogens is 1. The molecule has 2 aromatic rings. The van der Waals surface area contributed by atoms with E-state index in [9.17, 15) is 4.79 Å². The second-order valence-corrected chi connectivity index (χ2v) is 7.42. The van der Waals surface area contributed by atoms with Crippen molar-refractivity contribution in [3.63, 3.8) is 0 Å². The van der Waals surface area contributed by atoms with E-state index in [0.717, 1.165) is 32.5 Å². The molecule has 2 fully saturated rings. The summed E-state index contributed by atoms with van der Waals surface area (Å²) in [5.74, 6) is 0.841. The Kier molecular flexibility index (Phi) is 5.04. The van der Waals surface area contributed by atoms with Crippen LogP contribution in [-0.4, -0.2) is 46.6 Å². The molecule has 2 aliphatic rings. The van der Waals surface area contributed by atoms with E-state index in [1.54, 1.807) is 0 Å². The molecule has 1 aliphatic carbocycles. The third kappa shape index (κ3) is 4.14. The van der Waals surface area contributed by atoms with Crippen LogP contribution in [0.5, 0.6) is 0 Å². The van der Waals surface area contributed by atoms with Gasteiger partial charge in [-0.15, -0.1) is 0 Å². The molecule has 4 rings (SSSR count). The van der Waals surface area contributed by atoms with E-state index >= 15 is 0 Å². The monoisotopic (exact) mass is 355 g/mol. The van der Waals surface area contributed by atoms with Gasteiger partial charge < -0.3 is 14.8 Å². The maximum Gasteiger partial charge on any atom is 0.357 e.